The first-order chi connectivity index (χ1) is 28.4. The summed E-state index contributed by atoms with van der Waals surface area (Å²) in [7, 11) is 0. The lowest BCUT2D eigenvalue weighted by Gasteiger charge is -2.57. The van der Waals surface area contributed by atoms with Crippen LogP contribution in [-0.4, -0.2) is 6.71 Å². The molecule has 0 N–H and O–H groups in total. The summed E-state index contributed by atoms with van der Waals surface area (Å²) in [5.74, 6) is 3.91. The van der Waals surface area contributed by atoms with Crippen LogP contribution in [0.15, 0.2) is 91.0 Å². The zero-order valence-electron chi connectivity index (χ0n) is 38.8. The minimum absolute atomic E-state index is 0.00269. The monoisotopic (exact) mass is 793 g/mol. The van der Waals surface area contributed by atoms with Crippen LogP contribution in [0, 0.1) is 17.8 Å². The molecule has 0 atom stereocenters. The molecule has 11 rings (SSSR count). The predicted octanol–water partition coefficient (Wildman–Crippen LogP) is 14.2. The van der Waals surface area contributed by atoms with Crippen molar-refractivity contribution in [2.24, 2.45) is 17.8 Å². The van der Waals surface area contributed by atoms with Gasteiger partial charge < -0.3 is 9.80 Å². The molecule has 4 fully saturated rings. The number of hydrogen-bond acceptors (Lipinski definition) is 2. The zero-order chi connectivity index (χ0) is 42.2. The molecule has 2 aliphatic heterocycles. The third-order valence-electron chi connectivity index (χ3n) is 15.8. The normalized spacial score (nSPS) is 22.9. The van der Waals surface area contributed by atoms with E-state index in [1.54, 1.807) is 5.56 Å². The van der Waals surface area contributed by atoms with Gasteiger partial charge in [-0.25, -0.2) is 0 Å². The maximum atomic E-state index is 2.75. The molecule has 0 amide bonds. The molecule has 0 spiro atoms. The molecule has 3 heteroatoms. The molecule has 60 heavy (non-hydrogen) atoms. The Balaban J connectivity index is 1.34. The zero-order valence-corrected chi connectivity index (χ0v) is 38.8. The summed E-state index contributed by atoms with van der Waals surface area (Å²) in [6.45, 7) is 28.5. The third kappa shape index (κ3) is 6.41. The van der Waals surface area contributed by atoms with E-state index in [0.717, 1.165) is 17.8 Å². The molecule has 2 heterocycles. The molecule has 5 aromatic carbocycles. The minimum atomic E-state index is 0.00269. The molecule has 4 bridgehead atoms. The smallest absolute Gasteiger partial charge is 0.252 e. The van der Waals surface area contributed by atoms with Gasteiger partial charge in [-0.15, -0.1) is 0 Å². The Kier molecular flexibility index (Phi) is 9.23. The molecule has 0 unspecified atom stereocenters. The lowest BCUT2D eigenvalue weighted by molar-refractivity contribution is -0.00514. The molecule has 0 saturated heterocycles. The maximum absolute atomic E-state index is 2.75. The van der Waals surface area contributed by atoms with Gasteiger partial charge in [0.15, 0.2) is 0 Å². The van der Waals surface area contributed by atoms with Crippen molar-refractivity contribution >= 4 is 57.2 Å². The van der Waals surface area contributed by atoms with E-state index < -0.39 is 0 Å². The molecule has 4 aliphatic carbocycles. The molecule has 2 nitrogen and oxygen atoms in total. The van der Waals surface area contributed by atoms with Crippen LogP contribution < -0.4 is 26.2 Å². The van der Waals surface area contributed by atoms with Gasteiger partial charge in [-0.2, -0.15) is 0 Å². The molecular formula is C57H69BN2. The van der Waals surface area contributed by atoms with Gasteiger partial charge >= 0.3 is 0 Å². The second-order valence-corrected chi connectivity index (χ2v) is 23.2. The molecular weight excluding hydrogens is 723 g/mol. The van der Waals surface area contributed by atoms with Crippen LogP contribution in [0.3, 0.4) is 0 Å². The van der Waals surface area contributed by atoms with Crippen LogP contribution in [-0.2, 0) is 16.2 Å². The summed E-state index contributed by atoms with van der Waals surface area (Å²) < 4.78 is 0. The average molecular weight is 793 g/mol. The fourth-order valence-corrected chi connectivity index (χ4v) is 12.7. The van der Waals surface area contributed by atoms with E-state index in [-0.39, 0.29) is 23.0 Å². The van der Waals surface area contributed by atoms with Gasteiger partial charge in [-0.3, -0.25) is 0 Å². The van der Waals surface area contributed by atoms with E-state index in [0.29, 0.717) is 17.8 Å². The Morgan fingerprint density at radius 2 is 0.950 bits per heavy atom. The summed E-state index contributed by atoms with van der Waals surface area (Å²) >= 11 is 0. The van der Waals surface area contributed by atoms with E-state index in [1.165, 1.54) is 117 Å². The highest BCUT2D eigenvalue weighted by atomic mass is 15.2. The molecule has 0 radical (unpaired) electrons. The standard InChI is InChI=1S/C57H69BN2/c1-34(2)40-14-13-15-46(23-40)59-50-24-41(35(3)4)16-18-48(50)58-49-19-17-42(36(5)6)25-51(49)60(47-27-43(55(7,8)9)26-44(28-47)56(10,11)12)53-30-45(29-52(59)54(53)58)57-31-37-20-38(32-57)22-39(21-37)33-57/h13-19,23-30,34-39H,20-22,31-33H2,1-12H3. The lowest BCUT2D eigenvalue weighted by Crippen LogP contribution is -2.61. The van der Waals surface area contributed by atoms with E-state index in [2.05, 4.69) is 184 Å². The van der Waals surface area contributed by atoms with Crippen LogP contribution in [0.25, 0.3) is 0 Å². The van der Waals surface area contributed by atoms with E-state index in [4.69, 9.17) is 0 Å². The van der Waals surface area contributed by atoms with Gasteiger partial charge in [-0.1, -0.05) is 126 Å². The van der Waals surface area contributed by atoms with Gasteiger partial charge in [0.2, 0.25) is 0 Å². The summed E-state index contributed by atoms with van der Waals surface area (Å²) in [4.78, 5) is 5.46. The van der Waals surface area contributed by atoms with E-state index >= 15 is 0 Å². The molecule has 310 valence electrons. The number of fused-ring (bicyclic) bond motifs is 4. The molecule has 4 saturated carbocycles. The first-order valence-corrected chi connectivity index (χ1v) is 23.7. The third-order valence-corrected chi connectivity index (χ3v) is 15.8. The average Bonchev–Trinajstić information content (AvgIpc) is 3.18. The van der Waals surface area contributed by atoms with Crippen LogP contribution in [0.5, 0.6) is 0 Å². The summed E-state index contributed by atoms with van der Waals surface area (Å²) in [6, 6.07) is 37.6. The number of nitrogens with zero attached hydrogens (tertiary/aromatic N) is 2. The Morgan fingerprint density at radius 3 is 1.40 bits per heavy atom. The summed E-state index contributed by atoms with van der Waals surface area (Å²) in [5, 5.41) is 0. The SMILES string of the molecule is CC(C)c1cccc(N2c3cc(C(C)C)ccc3B3c4ccc(C(C)C)cc4N(c4cc(C(C)(C)C)cc(C(C)(C)C)c4)c4cc(C56CC7CC(CC(C7)C5)C6)cc2c43)c1. The van der Waals surface area contributed by atoms with Crippen molar-refractivity contribution in [2.75, 3.05) is 9.80 Å². The van der Waals surface area contributed by atoms with Gasteiger partial charge in [0, 0.05) is 34.1 Å². The molecule has 0 aromatic heterocycles. The Labute approximate surface area is 363 Å². The Morgan fingerprint density at radius 1 is 0.500 bits per heavy atom. The number of anilines is 6. The maximum Gasteiger partial charge on any atom is 0.252 e. The lowest BCUT2D eigenvalue weighted by atomic mass is 9.33. The summed E-state index contributed by atoms with van der Waals surface area (Å²) in [5.41, 5.74) is 21.2. The minimum Gasteiger partial charge on any atom is -0.311 e. The highest BCUT2D eigenvalue weighted by Gasteiger charge is 2.53. The van der Waals surface area contributed by atoms with Crippen molar-refractivity contribution in [3.8, 4) is 0 Å². The van der Waals surface area contributed by atoms with Crippen molar-refractivity contribution in [3.05, 3.63) is 124 Å². The highest BCUT2D eigenvalue weighted by molar-refractivity contribution is 7.00. The van der Waals surface area contributed by atoms with Crippen molar-refractivity contribution in [2.45, 2.75) is 156 Å². The van der Waals surface area contributed by atoms with Crippen LogP contribution in [0.4, 0.5) is 34.1 Å². The predicted molar refractivity (Wildman–Crippen MR) is 260 cm³/mol. The topological polar surface area (TPSA) is 6.48 Å². The van der Waals surface area contributed by atoms with Gasteiger partial charge in [0.05, 0.1) is 0 Å². The quantitative estimate of drug-likeness (QED) is 0.155. The second-order valence-electron chi connectivity index (χ2n) is 23.2. The van der Waals surface area contributed by atoms with Gasteiger partial charge in [0.1, 0.15) is 0 Å². The van der Waals surface area contributed by atoms with Crippen molar-refractivity contribution in [1.82, 2.24) is 0 Å². The van der Waals surface area contributed by atoms with E-state index in [1.807, 2.05) is 0 Å². The van der Waals surface area contributed by atoms with Gasteiger partial charge in [0.25, 0.3) is 6.71 Å². The van der Waals surface area contributed by atoms with E-state index in [9.17, 15) is 0 Å². The molecule has 6 aliphatic rings. The van der Waals surface area contributed by atoms with Crippen LogP contribution in [0.1, 0.15) is 173 Å². The Bertz CT molecular complexity index is 2440. The van der Waals surface area contributed by atoms with Gasteiger partial charge in [-0.05, 0) is 189 Å². The second kappa shape index (κ2) is 13.9. The number of rotatable bonds is 6. The number of benzene rings is 5. The first kappa shape index (κ1) is 39.9. The molecule has 5 aromatic rings. The largest absolute Gasteiger partial charge is 0.311 e. The highest BCUT2D eigenvalue weighted by Crippen LogP contribution is 2.62. The Hall–Kier alpha value is -4.24. The van der Waals surface area contributed by atoms with Crippen LogP contribution in [0.2, 0.25) is 0 Å². The van der Waals surface area contributed by atoms with Crippen molar-refractivity contribution in [3.63, 3.8) is 0 Å². The first-order valence-electron chi connectivity index (χ1n) is 23.7. The van der Waals surface area contributed by atoms with Crippen molar-refractivity contribution < 1.29 is 0 Å². The van der Waals surface area contributed by atoms with Crippen molar-refractivity contribution in [1.29, 1.82) is 0 Å². The fourth-order valence-electron chi connectivity index (χ4n) is 12.7. The van der Waals surface area contributed by atoms with Crippen LogP contribution >= 0.6 is 0 Å². The number of hydrogen-bond donors (Lipinski definition) is 0. The summed E-state index contributed by atoms with van der Waals surface area (Å²) in [6.07, 6.45) is 8.39. The fraction of sp³-hybridized carbons (Fsp3) is 0.474.